The Morgan fingerprint density at radius 3 is 2.63 bits per heavy atom. The molecule has 2 aromatic carbocycles. The van der Waals surface area contributed by atoms with E-state index in [9.17, 15) is 10.1 Å². The SMILES string of the molecule is C=CCN1C=C/C(=C\C=C(/C#N)C(=O)Nc2ccccc2)c2ccccc21. The molecule has 132 valence electrons. The molecule has 1 aliphatic rings. The maximum Gasteiger partial charge on any atom is 0.266 e. The fourth-order valence-electron chi connectivity index (χ4n) is 2.81. The Kier molecular flexibility index (Phi) is 5.66. The van der Waals surface area contributed by atoms with Gasteiger partial charge in [0, 0.05) is 29.7 Å². The van der Waals surface area contributed by atoms with E-state index in [-0.39, 0.29) is 5.57 Å². The van der Waals surface area contributed by atoms with Crippen molar-refractivity contribution in [1.82, 2.24) is 0 Å². The highest BCUT2D eigenvalue weighted by Crippen LogP contribution is 2.32. The third-order valence-corrected chi connectivity index (χ3v) is 4.11. The molecule has 0 atom stereocenters. The third-order valence-electron chi connectivity index (χ3n) is 4.11. The van der Waals surface area contributed by atoms with E-state index in [1.807, 2.05) is 66.9 Å². The summed E-state index contributed by atoms with van der Waals surface area (Å²) in [5, 5.41) is 12.1. The van der Waals surface area contributed by atoms with Crippen LogP contribution in [0.25, 0.3) is 5.57 Å². The van der Waals surface area contributed by atoms with E-state index >= 15 is 0 Å². The standard InChI is InChI=1S/C23H19N3O/c1-2-15-26-16-14-18(21-10-6-7-11-22(21)26)12-13-19(17-24)23(27)25-20-8-4-3-5-9-20/h2-14,16H,1,15H2,(H,25,27)/b18-12+,19-13+. The van der Waals surface area contributed by atoms with Crippen LogP contribution in [0.3, 0.4) is 0 Å². The molecule has 0 radical (unpaired) electrons. The molecule has 0 aliphatic carbocycles. The number of nitriles is 1. The van der Waals surface area contributed by atoms with Crippen molar-refractivity contribution >= 4 is 22.9 Å². The van der Waals surface area contributed by atoms with Crippen molar-refractivity contribution in [3.63, 3.8) is 0 Å². The highest BCUT2D eigenvalue weighted by Gasteiger charge is 2.15. The van der Waals surface area contributed by atoms with Crippen LogP contribution < -0.4 is 10.2 Å². The molecule has 0 unspecified atom stereocenters. The summed E-state index contributed by atoms with van der Waals surface area (Å²) in [6.45, 7) is 4.50. The summed E-state index contributed by atoms with van der Waals surface area (Å²) in [6.07, 6.45) is 9.13. The number of carbonyl (C=O) groups excluding carboxylic acids is 1. The minimum absolute atomic E-state index is 0.0470. The lowest BCUT2D eigenvalue weighted by atomic mass is 9.99. The maximum absolute atomic E-state index is 12.3. The molecule has 0 bridgehead atoms. The normalized spacial score (nSPS) is 14.4. The molecule has 0 spiro atoms. The summed E-state index contributed by atoms with van der Waals surface area (Å²) in [7, 11) is 0. The number of carbonyl (C=O) groups is 1. The maximum atomic E-state index is 12.3. The van der Waals surface area contributed by atoms with Crippen LogP contribution in [-0.4, -0.2) is 12.5 Å². The zero-order valence-corrected chi connectivity index (χ0v) is 14.8. The van der Waals surface area contributed by atoms with Gasteiger partial charge in [-0.15, -0.1) is 6.58 Å². The minimum atomic E-state index is -0.429. The summed E-state index contributed by atoms with van der Waals surface area (Å²) >= 11 is 0. The first-order valence-corrected chi connectivity index (χ1v) is 8.56. The number of allylic oxidation sites excluding steroid dienone is 4. The van der Waals surface area contributed by atoms with E-state index in [1.165, 1.54) is 0 Å². The van der Waals surface area contributed by atoms with Crippen LogP contribution in [0, 0.1) is 11.3 Å². The smallest absolute Gasteiger partial charge is 0.266 e. The summed E-state index contributed by atoms with van der Waals surface area (Å²) in [5.41, 5.74) is 3.74. The predicted octanol–water partition coefficient (Wildman–Crippen LogP) is 4.68. The Hall–Kier alpha value is -3.84. The average Bonchev–Trinajstić information content (AvgIpc) is 2.70. The summed E-state index contributed by atoms with van der Waals surface area (Å²) in [6, 6.07) is 19.0. The van der Waals surface area contributed by atoms with Crippen LogP contribution in [0.5, 0.6) is 0 Å². The van der Waals surface area contributed by atoms with Gasteiger partial charge in [-0.05, 0) is 35.9 Å². The van der Waals surface area contributed by atoms with Gasteiger partial charge in [0.1, 0.15) is 11.6 Å². The number of hydrogen-bond acceptors (Lipinski definition) is 3. The van der Waals surface area contributed by atoms with Gasteiger partial charge in [-0.3, -0.25) is 4.79 Å². The topological polar surface area (TPSA) is 56.1 Å². The molecular weight excluding hydrogens is 334 g/mol. The Morgan fingerprint density at radius 2 is 1.89 bits per heavy atom. The number of hydrogen-bond donors (Lipinski definition) is 1. The van der Waals surface area contributed by atoms with Crippen molar-refractivity contribution in [1.29, 1.82) is 5.26 Å². The fraction of sp³-hybridized carbons (Fsp3) is 0.0435. The second-order valence-electron chi connectivity index (χ2n) is 5.91. The number of fused-ring (bicyclic) bond motifs is 1. The highest BCUT2D eigenvalue weighted by molar-refractivity contribution is 6.07. The number of para-hydroxylation sites is 2. The Morgan fingerprint density at radius 1 is 1.15 bits per heavy atom. The highest BCUT2D eigenvalue weighted by atomic mass is 16.1. The van der Waals surface area contributed by atoms with Gasteiger partial charge in [-0.25, -0.2) is 0 Å². The van der Waals surface area contributed by atoms with Gasteiger partial charge in [-0.2, -0.15) is 5.26 Å². The first kappa shape index (κ1) is 18.0. The van der Waals surface area contributed by atoms with E-state index in [0.717, 1.165) is 16.8 Å². The Labute approximate surface area is 159 Å². The lowest BCUT2D eigenvalue weighted by Gasteiger charge is -2.26. The summed E-state index contributed by atoms with van der Waals surface area (Å²) in [4.78, 5) is 14.4. The van der Waals surface area contributed by atoms with Crippen molar-refractivity contribution in [3.8, 4) is 6.07 Å². The van der Waals surface area contributed by atoms with Crippen molar-refractivity contribution in [3.05, 3.63) is 103 Å². The molecule has 4 heteroatoms. The number of rotatable bonds is 5. The van der Waals surface area contributed by atoms with Gasteiger partial charge in [0.2, 0.25) is 0 Å². The second kappa shape index (κ2) is 8.50. The number of amides is 1. The van der Waals surface area contributed by atoms with Crippen molar-refractivity contribution < 1.29 is 4.79 Å². The van der Waals surface area contributed by atoms with Crippen molar-refractivity contribution in [2.75, 3.05) is 16.8 Å². The van der Waals surface area contributed by atoms with Crippen molar-refractivity contribution in [2.45, 2.75) is 0 Å². The van der Waals surface area contributed by atoms with Gasteiger partial charge in [0.05, 0.1) is 0 Å². The van der Waals surface area contributed by atoms with Crippen LogP contribution in [0.2, 0.25) is 0 Å². The van der Waals surface area contributed by atoms with Gasteiger partial charge < -0.3 is 10.2 Å². The zero-order valence-electron chi connectivity index (χ0n) is 14.8. The van der Waals surface area contributed by atoms with E-state index in [2.05, 4.69) is 16.8 Å². The van der Waals surface area contributed by atoms with E-state index in [0.29, 0.717) is 12.2 Å². The molecule has 27 heavy (non-hydrogen) atoms. The van der Waals surface area contributed by atoms with Crippen molar-refractivity contribution in [2.24, 2.45) is 0 Å². The molecule has 2 aromatic rings. The Balaban J connectivity index is 1.87. The molecule has 4 nitrogen and oxygen atoms in total. The van der Waals surface area contributed by atoms with Crippen LogP contribution >= 0.6 is 0 Å². The number of anilines is 2. The van der Waals surface area contributed by atoms with E-state index < -0.39 is 5.91 Å². The third kappa shape index (κ3) is 4.23. The molecule has 1 N–H and O–H groups in total. The van der Waals surface area contributed by atoms with Gasteiger partial charge in [-0.1, -0.05) is 48.6 Å². The molecule has 3 rings (SSSR count). The predicted molar refractivity (Wildman–Crippen MR) is 110 cm³/mol. The number of benzene rings is 2. The summed E-state index contributed by atoms with van der Waals surface area (Å²) < 4.78 is 0. The number of nitrogens with one attached hydrogen (secondary N) is 1. The molecule has 0 fully saturated rings. The van der Waals surface area contributed by atoms with Crippen LogP contribution in [0.4, 0.5) is 11.4 Å². The first-order valence-electron chi connectivity index (χ1n) is 8.56. The largest absolute Gasteiger partial charge is 0.344 e. The second-order valence-corrected chi connectivity index (χ2v) is 5.91. The molecule has 0 aromatic heterocycles. The quantitative estimate of drug-likeness (QED) is 0.482. The first-order chi connectivity index (χ1) is 13.2. The van der Waals surface area contributed by atoms with Crippen LogP contribution in [0.15, 0.2) is 97.3 Å². The molecule has 0 saturated carbocycles. The molecule has 1 aliphatic heterocycles. The zero-order chi connectivity index (χ0) is 19.1. The van der Waals surface area contributed by atoms with Crippen LogP contribution in [-0.2, 0) is 4.79 Å². The van der Waals surface area contributed by atoms with Gasteiger partial charge >= 0.3 is 0 Å². The van der Waals surface area contributed by atoms with Gasteiger partial charge in [0.25, 0.3) is 5.91 Å². The molecule has 0 saturated heterocycles. The van der Waals surface area contributed by atoms with E-state index in [1.54, 1.807) is 24.3 Å². The lowest BCUT2D eigenvalue weighted by Crippen LogP contribution is -2.19. The number of nitrogens with zero attached hydrogens (tertiary/aromatic N) is 2. The monoisotopic (exact) mass is 353 g/mol. The minimum Gasteiger partial charge on any atom is -0.344 e. The van der Waals surface area contributed by atoms with E-state index in [4.69, 9.17) is 0 Å². The fourth-order valence-corrected chi connectivity index (χ4v) is 2.81. The van der Waals surface area contributed by atoms with Gasteiger partial charge in [0.15, 0.2) is 0 Å². The Bertz CT molecular complexity index is 978. The lowest BCUT2D eigenvalue weighted by molar-refractivity contribution is -0.112. The average molecular weight is 353 g/mol. The molecular formula is C23H19N3O. The molecule has 1 amide bonds. The molecule has 1 heterocycles. The summed E-state index contributed by atoms with van der Waals surface area (Å²) in [5.74, 6) is -0.429. The van der Waals surface area contributed by atoms with Crippen LogP contribution in [0.1, 0.15) is 5.56 Å².